The molecule has 2 aromatic rings. The number of rotatable bonds is 1. The van der Waals surface area contributed by atoms with Gasteiger partial charge in [-0.2, -0.15) is 0 Å². The highest BCUT2D eigenvalue weighted by molar-refractivity contribution is 5.93. The molecule has 7 heteroatoms. The first-order valence-electron chi connectivity index (χ1n) is 7.77. The summed E-state index contributed by atoms with van der Waals surface area (Å²) in [6, 6.07) is 4.49. The van der Waals surface area contributed by atoms with Gasteiger partial charge in [0, 0.05) is 29.6 Å². The molecule has 0 saturated carbocycles. The van der Waals surface area contributed by atoms with E-state index in [9.17, 15) is 14.0 Å². The van der Waals surface area contributed by atoms with Crippen LogP contribution in [-0.2, 0) is 19.2 Å². The van der Waals surface area contributed by atoms with Gasteiger partial charge in [0.15, 0.2) is 0 Å². The van der Waals surface area contributed by atoms with Gasteiger partial charge in [0.2, 0.25) is 6.23 Å². The van der Waals surface area contributed by atoms with Crippen LogP contribution < -0.4 is 0 Å². The van der Waals surface area contributed by atoms with Gasteiger partial charge in [-0.25, -0.2) is 14.0 Å². The molecule has 6 nitrogen and oxygen atoms in total. The van der Waals surface area contributed by atoms with E-state index in [4.69, 9.17) is 14.0 Å². The van der Waals surface area contributed by atoms with Crippen LogP contribution in [0.2, 0.25) is 0 Å². The lowest BCUT2D eigenvalue weighted by Gasteiger charge is -2.35. The second-order valence-corrected chi connectivity index (χ2v) is 5.88. The summed E-state index contributed by atoms with van der Waals surface area (Å²) < 4.78 is 24.9. The van der Waals surface area contributed by atoms with Crippen molar-refractivity contribution in [2.24, 2.45) is 0 Å². The third kappa shape index (κ3) is 2.72. The standard InChI is InChI=1S/C18H14FNO5/c1-10-13(14-9-12(19)8-11-5-7-23-17(11)14)4-6-20-18(10)24-15(21)2-3-16(22)25-20/h2-3,5,7-9,18H,4,6H2,1H3/b3-2+. The summed E-state index contributed by atoms with van der Waals surface area (Å²) in [6.45, 7) is 2.07. The van der Waals surface area contributed by atoms with Crippen molar-refractivity contribution in [3.63, 3.8) is 0 Å². The van der Waals surface area contributed by atoms with E-state index in [1.54, 1.807) is 13.0 Å². The lowest BCUT2D eigenvalue weighted by molar-refractivity contribution is -0.231. The van der Waals surface area contributed by atoms with E-state index >= 15 is 0 Å². The molecular formula is C18H14FNO5. The van der Waals surface area contributed by atoms with Gasteiger partial charge in [-0.3, -0.25) is 0 Å². The third-order valence-electron chi connectivity index (χ3n) is 4.32. The highest BCUT2D eigenvalue weighted by atomic mass is 19.1. The number of carbonyl (C=O) groups excluding carboxylic acids is 2. The van der Waals surface area contributed by atoms with E-state index in [0.29, 0.717) is 35.1 Å². The Morgan fingerprint density at radius 3 is 2.84 bits per heavy atom. The largest absolute Gasteiger partial charge is 0.464 e. The molecule has 1 aromatic carbocycles. The molecule has 2 aliphatic rings. The molecule has 0 saturated heterocycles. The van der Waals surface area contributed by atoms with Gasteiger partial charge in [-0.1, -0.05) is 5.06 Å². The van der Waals surface area contributed by atoms with Gasteiger partial charge >= 0.3 is 11.9 Å². The number of nitrogens with zero attached hydrogens (tertiary/aromatic N) is 1. The molecule has 3 heterocycles. The normalized spacial score (nSPS) is 22.9. The summed E-state index contributed by atoms with van der Waals surface area (Å²) in [5, 5.41) is 1.98. The highest BCUT2D eigenvalue weighted by Crippen LogP contribution is 2.36. The molecule has 0 amide bonds. The predicted octanol–water partition coefficient (Wildman–Crippen LogP) is 2.95. The topological polar surface area (TPSA) is 69.0 Å². The highest BCUT2D eigenvalue weighted by Gasteiger charge is 2.35. The number of halogens is 1. The zero-order valence-electron chi connectivity index (χ0n) is 13.3. The number of carbonyl (C=O) groups is 2. The fraction of sp³-hybridized carbons (Fsp3) is 0.222. The fourth-order valence-corrected chi connectivity index (χ4v) is 3.19. The average Bonchev–Trinajstić information content (AvgIpc) is 3.02. The third-order valence-corrected chi connectivity index (χ3v) is 4.32. The first kappa shape index (κ1) is 15.6. The molecule has 4 rings (SSSR count). The molecular weight excluding hydrogens is 329 g/mol. The van der Waals surface area contributed by atoms with E-state index in [1.165, 1.54) is 23.5 Å². The van der Waals surface area contributed by atoms with Crippen LogP contribution in [0.15, 0.2) is 46.6 Å². The average molecular weight is 343 g/mol. The SMILES string of the molecule is CC1=C(c2cc(F)cc3ccoc23)CCN2OC(=O)/C=C/C(=O)OC12. The summed E-state index contributed by atoms with van der Waals surface area (Å²) in [6.07, 6.45) is 3.16. The summed E-state index contributed by atoms with van der Waals surface area (Å²) >= 11 is 0. The molecule has 25 heavy (non-hydrogen) atoms. The Balaban J connectivity index is 1.82. The molecule has 0 spiro atoms. The molecule has 0 aliphatic carbocycles. The lowest BCUT2D eigenvalue weighted by atomic mass is 9.92. The smallest absolute Gasteiger partial charge is 0.350 e. The Hall–Kier alpha value is -2.93. The molecule has 0 radical (unpaired) electrons. The van der Waals surface area contributed by atoms with E-state index in [2.05, 4.69) is 0 Å². The van der Waals surface area contributed by atoms with Crippen LogP contribution in [-0.4, -0.2) is 29.8 Å². The van der Waals surface area contributed by atoms with Crippen molar-refractivity contribution in [2.75, 3.05) is 6.54 Å². The second-order valence-electron chi connectivity index (χ2n) is 5.88. The number of benzene rings is 1. The maximum atomic E-state index is 14.0. The Kier molecular flexibility index (Phi) is 3.65. The van der Waals surface area contributed by atoms with Gasteiger partial charge in [-0.05, 0) is 42.7 Å². The fourth-order valence-electron chi connectivity index (χ4n) is 3.19. The van der Waals surface area contributed by atoms with Crippen molar-refractivity contribution in [3.8, 4) is 0 Å². The van der Waals surface area contributed by atoms with Crippen LogP contribution in [0, 0.1) is 5.82 Å². The number of hydrogen-bond donors (Lipinski definition) is 0. The van der Waals surface area contributed by atoms with Crippen LogP contribution in [0.5, 0.6) is 0 Å². The van der Waals surface area contributed by atoms with Crippen LogP contribution in [0.3, 0.4) is 0 Å². The first-order valence-corrected chi connectivity index (χ1v) is 7.77. The molecule has 1 atom stereocenters. The Bertz CT molecular complexity index is 942. The van der Waals surface area contributed by atoms with Crippen molar-refractivity contribution in [2.45, 2.75) is 19.6 Å². The monoisotopic (exact) mass is 343 g/mol. The molecule has 2 aliphatic heterocycles. The zero-order valence-corrected chi connectivity index (χ0v) is 13.3. The predicted molar refractivity (Wildman–Crippen MR) is 85.2 cm³/mol. The Morgan fingerprint density at radius 2 is 2.00 bits per heavy atom. The number of hydrogen-bond acceptors (Lipinski definition) is 6. The van der Waals surface area contributed by atoms with E-state index < -0.39 is 18.2 Å². The van der Waals surface area contributed by atoms with Gasteiger partial charge in [0.25, 0.3) is 0 Å². The number of hydroxylamine groups is 2. The first-order chi connectivity index (χ1) is 12.0. The number of esters is 1. The minimum Gasteiger partial charge on any atom is -0.464 e. The number of ether oxygens (including phenoxy) is 1. The van der Waals surface area contributed by atoms with E-state index in [0.717, 1.165) is 17.7 Å². The van der Waals surface area contributed by atoms with Crippen molar-refractivity contribution >= 4 is 28.5 Å². The lowest BCUT2D eigenvalue weighted by Crippen LogP contribution is -2.45. The van der Waals surface area contributed by atoms with Gasteiger partial charge in [-0.15, -0.1) is 0 Å². The van der Waals surface area contributed by atoms with Crippen LogP contribution in [0.25, 0.3) is 16.5 Å². The molecule has 1 unspecified atom stereocenters. The quantitative estimate of drug-likeness (QED) is 0.742. The van der Waals surface area contributed by atoms with Gasteiger partial charge < -0.3 is 14.0 Å². The second kappa shape index (κ2) is 5.86. The van der Waals surface area contributed by atoms with Crippen molar-refractivity contribution in [1.29, 1.82) is 0 Å². The summed E-state index contributed by atoms with van der Waals surface area (Å²) in [5.74, 6) is -1.66. The van der Waals surface area contributed by atoms with Gasteiger partial charge in [0.05, 0.1) is 6.26 Å². The molecule has 128 valence electrons. The van der Waals surface area contributed by atoms with Crippen molar-refractivity contribution < 1.29 is 28.0 Å². The Labute approximate surface area is 142 Å². The van der Waals surface area contributed by atoms with E-state index in [-0.39, 0.29) is 5.82 Å². The minimum absolute atomic E-state index is 0.308. The number of furan rings is 1. The maximum Gasteiger partial charge on any atom is 0.350 e. The molecule has 0 fully saturated rings. The molecule has 0 bridgehead atoms. The summed E-state index contributed by atoms with van der Waals surface area (Å²) in [5.41, 5.74) is 2.63. The Morgan fingerprint density at radius 1 is 1.20 bits per heavy atom. The minimum atomic E-state index is -0.863. The number of fused-ring (bicyclic) bond motifs is 2. The van der Waals surface area contributed by atoms with Crippen LogP contribution >= 0.6 is 0 Å². The summed E-state index contributed by atoms with van der Waals surface area (Å²) in [4.78, 5) is 28.6. The van der Waals surface area contributed by atoms with Crippen molar-refractivity contribution in [1.82, 2.24) is 5.06 Å². The molecule has 1 aromatic heterocycles. The van der Waals surface area contributed by atoms with Gasteiger partial charge in [0.1, 0.15) is 11.4 Å². The van der Waals surface area contributed by atoms with Crippen LogP contribution in [0.4, 0.5) is 4.39 Å². The molecule has 0 N–H and O–H groups in total. The van der Waals surface area contributed by atoms with Crippen LogP contribution in [0.1, 0.15) is 18.9 Å². The summed E-state index contributed by atoms with van der Waals surface area (Å²) in [7, 11) is 0. The zero-order chi connectivity index (χ0) is 17.6. The maximum absolute atomic E-state index is 14.0. The van der Waals surface area contributed by atoms with E-state index in [1.807, 2.05) is 0 Å². The van der Waals surface area contributed by atoms with Crippen molar-refractivity contribution in [3.05, 3.63) is 53.6 Å².